The van der Waals surface area contributed by atoms with Gasteiger partial charge in [0.1, 0.15) is 11.4 Å². The van der Waals surface area contributed by atoms with Gasteiger partial charge in [-0.1, -0.05) is 41.0 Å². The highest BCUT2D eigenvalue weighted by molar-refractivity contribution is 6.33. The highest BCUT2D eigenvalue weighted by atomic mass is 35.5. The minimum absolute atomic E-state index is 0.309. The average Bonchev–Trinajstić information content (AvgIpc) is 3.07. The quantitative estimate of drug-likeness (QED) is 0.560. The summed E-state index contributed by atoms with van der Waals surface area (Å²) in [6.07, 6.45) is 0.747. The number of carbonyl (C=O) groups excluding carboxylic acids is 1. The van der Waals surface area contributed by atoms with Gasteiger partial charge in [0, 0.05) is 5.56 Å². The first-order valence-corrected chi connectivity index (χ1v) is 8.60. The first-order chi connectivity index (χ1) is 13.1. The zero-order chi connectivity index (χ0) is 19.4. The third-order valence-corrected chi connectivity index (χ3v) is 4.51. The predicted octanol–water partition coefficient (Wildman–Crippen LogP) is 4.48. The Morgan fingerprint density at radius 3 is 2.56 bits per heavy atom. The molecule has 6 nitrogen and oxygen atoms in total. The number of amides is 1. The number of nitrogens with zero attached hydrogens (tertiary/aromatic N) is 2. The van der Waals surface area contributed by atoms with Crippen LogP contribution >= 0.6 is 11.6 Å². The van der Waals surface area contributed by atoms with E-state index in [1.807, 2.05) is 30.3 Å². The van der Waals surface area contributed by atoms with Crippen LogP contribution in [0.5, 0.6) is 11.5 Å². The second-order valence-electron chi connectivity index (χ2n) is 5.84. The summed E-state index contributed by atoms with van der Waals surface area (Å²) in [5.74, 6) is 1.74. The number of benzene rings is 2. The first-order valence-electron chi connectivity index (χ1n) is 8.23. The number of rotatable bonds is 7. The van der Waals surface area contributed by atoms with Crippen LogP contribution in [0.15, 0.2) is 47.0 Å². The Morgan fingerprint density at radius 2 is 1.89 bits per heavy atom. The van der Waals surface area contributed by atoms with Gasteiger partial charge in [-0.05, 0) is 30.7 Å². The van der Waals surface area contributed by atoms with Crippen molar-refractivity contribution in [1.82, 2.24) is 5.16 Å². The number of ether oxygens (including phenoxy) is 2. The van der Waals surface area contributed by atoms with Crippen LogP contribution in [-0.2, 0) is 11.3 Å². The largest absolute Gasteiger partial charge is 0.493 e. The van der Waals surface area contributed by atoms with Crippen molar-refractivity contribution in [2.24, 2.45) is 0 Å². The van der Waals surface area contributed by atoms with Gasteiger partial charge in [-0.15, -0.1) is 0 Å². The van der Waals surface area contributed by atoms with E-state index in [0.717, 1.165) is 12.0 Å². The van der Waals surface area contributed by atoms with Crippen molar-refractivity contribution in [3.05, 3.63) is 58.8 Å². The Balaban J connectivity index is 1.99. The Morgan fingerprint density at radius 1 is 1.15 bits per heavy atom. The van der Waals surface area contributed by atoms with E-state index in [0.29, 0.717) is 45.8 Å². The summed E-state index contributed by atoms with van der Waals surface area (Å²) < 4.78 is 15.9. The predicted molar refractivity (Wildman–Crippen MR) is 103 cm³/mol. The Labute approximate surface area is 162 Å². The molecule has 0 atom stereocenters. The number of methoxy groups -OCH3 is 2. The molecule has 0 saturated carbocycles. The molecule has 0 aliphatic rings. The molecular weight excluding hydrogens is 368 g/mol. The maximum atomic E-state index is 11.9. The molecule has 1 aromatic heterocycles. The second-order valence-corrected chi connectivity index (χ2v) is 6.25. The van der Waals surface area contributed by atoms with Gasteiger partial charge >= 0.3 is 0 Å². The van der Waals surface area contributed by atoms with Crippen LogP contribution in [0.2, 0.25) is 5.02 Å². The number of carbonyl (C=O) groups is 1. The molecule has 0 unspecified atom stereocenters. The lowest BCUT2D eigenvalue weighted by molar-refractivity contribution is -0.107. The van der Waals surface area contributed by atoms with E-state index >= 15 is 0 Å². The number of hydrogen-bond acceptors (Lipinski definition) is 5. The van der Waals surface area contributed by atoms with Crippen molar-refractivity contribution in [1.29, 1.82) is 0 Å². The smallest absolute Gasteiger partial charge is 0.214 e. The molecule has 3 aromatic rings. The third kappa shape index (κ3) is 3.75. The van der Waals surface area contributed by atoms with Crippen LogP contribution in [0, 0.1) is 6.92 Å². The van der Waals surface area contributed by atoms with E-state index in [9.17, 15) is 4.79 Å². The van der Waals surface area contributed by atoms with Crippen LogP contribution in [0.1, 0.15) is 11.3 Å². The summed E-state index contributed by atoms with van der Waals surface area (Å²) >= 11 is 6.30. The van der Waals surface area contributed by atoms with Crippen molar-refractivity contribution in [3.63, 3.8) is 0 Å². The number of aryl methyl sites for hydroxylation is 1. The lowest BCUT2D eigenvalue weighted by Crippen LogP contribution is -2.21. The molecule has 0 saturated heterocycles. The molecule has 0 aliphatic carbocycles. The molecule has 7 heteroatoms. The van der Waals surface area contributed by atoms with E-state index in [-0.39, 0.29) is 0 Å². The number of hydrogen-bond donors (Lipinski definition) is 0. The van der Waals surface area contributed by atoms with Gasteiger partial charge in [0.15, 0.2) is 17.3 Å². The first kappa shape index (κ1) is 18.8. The van der Waals surface area contributed by atoms with Gasteiger partial charge in [0.25, 0.3) is 0 Å². The summed E-state index contributed by atoms with van der Waals surface area (Å²) in [4.78, 5) is 13.4. The van der Waals surface area contributed by atoms with E-state index in [1.54, 1.807) is 33.3 Å². The summed E-state index contributed by atoms with van der Waals surface area (Å²) in [6.45, 7) is 2.07. The second kappa shape index (κ2) is 8.14. The van der Waals surface area contributed by atoms with E-state index in [2.05, 4.69) is 5.16 Å². The number of aromatic nitrogens is 1. The molecule has 0 N–H and O–H groups in total. The zero-order valence-electron chi connectivity index (χ0n) is 15.2. The highest BCUT2D eigenvalue weighted by Gasteiger charge is 2.22. The summed E-state index contributed by atoms with van der Waals surface area (Å²) in [5, 5.41) is 4.65. The molecule has 3 rings (SSSR count). The Hall–Kier alpha value is -2.99. The van der Waals surface area contributed by atoms with Crippen LogP contribution in [0.4, 0.5) is 5.69 Å². The summed E-state index contributed by atoms with van der Waals surface area (Å²) in [6, 6.07) is 12.8. The normalized spacial score (nSPS) is 10.5. The summed E-state index contributed by atoms with van der Waals surface area (Å²) in [7, 11) is 3.14. The molecule has 0 bridgehead atoms. The topological polar surface area (TPSA) is 64.8 Å². The fourth-order valence-electron chi connectivity index (χ4n) is 2.88. The van der Waals surface area contributed by atoms with E-state index in [4.69, 9.17) is 25.6 Å². The van der Waals surface area contributed by atoms with Crippen molar-refractivity contribution < 1.29 is 18.8 Å². The van der Waals surface area contributed by atoms with Crippen molar-refractivity contribution in [2.45, 2.75) is 13.5 Å². The molecule has 0 spiro atoms. The number of halogens is 1. The average molecular weight is 387 g/mol. The molecular formula is C20H19ClN2O4. The van der Waals surface area contributed by atoms with Crippen LogP contribution in [0.25, 0.3) is 11.3 Å². The maximum Gasteiger partial charge on any atom is 0.214 e. The van der Waals surface area contributed by atoms with Crippen LogP contribution < -0.4 is 14.4 Å². The number of anilines is 1. The third-order valence-electron chi connectivity index (χ3n) is 4.18. The van der Waals surface area contributed by atoms with Crippen molar-refractivity contribution in [3.8, 4) is 22.8 Å². The minimum atomic E-state index is 0.309. The molecule has 0 radical (unpaired) electrons. The van der Waals surface area contributed by atoms with Gasteiger partial charge in [0.05, 0.1) is 25.8 Å². The lowest BCUT2D eigenvalue weighted by Gasteiger charge is -2.19. The van der Waals surface area contributed by atoms with Crippen molar-refractivity contribution >= 4 is 23.7 Å². The molecule has 0 fully saturated rings. The molecule has 2 aromatic carbocycles. The highest BCUT2D eigenvalue weighted by Crippen LogP contribution is 2.37. The van der Waals surface area contributed by atoms with E-state index in [1.165, 1.54) is 4.90 Å². The Bertz CT molecular complexity index is 955. The fourth-order valence-corrected chi connectivity index (χ4v) is 3.11. The van der Waals surface area contributed by atoms with Crippen LogP contribution in [-0.4, -0.2) is 25.8 Å². The standard InChI is InChI=1S/C20H19ClN2O4/c1-13-20(19(22-27-13)15-6-4-5-7-16(15)21)23(12-24)11-14-8-9-17(25-2)18(10-14)26-3/h4-10,12H,11H2,1-3H3. The van der Waals surface area contributed by atoms with Crippen LogP contribution in [0.3, 0.4) is 0 Å². The monoisotopic (exact) mass is 386 g/mol. The van der Waals surface area contributed by atoms with Gasteiger partial charge in [0.2, 0.25) is 6.41 Å². The molecule has 27 heavy (non-hydrogen) atoms. The summed E-state index contributed by atoms with van der Waals surface area (Å²) in [5.41, 5.74) is 2.66. The Kier molecular flexibility index (Phi) is 5.66. The maximum absolute atomic E-state index is 11.9. The minimum Gasteiger partial charge on any atom is -0.493 e. The van der Waals surface area contributed by atoms with E-state index < -0.39 is 0 Å². The van der Waals surface area contributed by atoms with Gasteiger partial charge < -0.3 is 18.9 Å². The van der Waals surface area contributed by atoms with Gasteiger partial charge in [-0.3, -0.25) is 4.79 Å². The van der Waals surface area contributed by atoms with Crippen molar-refractivity contribution in [2.75, 3.05) is 19.1 Å². The fraction of sp³-hybridized carbons (Fsp3) is 0.200. The molecule has 0 aliphatic heterocycles. The molecule has 1 amide bonds. The lowest BCUT2D eigenvalue weighted by atomic mass is 10.1. The molecule has 1 heterocycles. The SMILES string of the molecule is COc1ccc(CN(C=O)c2c(-c3ccccc3Cl)noc2C)cc1OC. The molecule has 140 valence electrons. The van der Waals surface area contributed by atoms with Gasteiger partial charge in [-0.25, -0.2) is 0 Å². The van der Waals surface area contributed by atoms with Gasteiger partial charge in [-0.2, -0.15) is 0 Å². The zero-order valence-corrected chi connectivity index (χ0v) is 16.0.